The minimum Gasteiger partial charge on any atom is -0.497 e. The SMILES string of the molecule is COc1cccc(CN2CC(C(=O)NCc3cccc(C(F)(F)F)c3)CCC2c2ccccc2)c1. The van der Waals surface area contributed by atoms with Crippen LogP contribution >= 0.6 is 0 Å². The molecule has 35 heavy (non-hydrogen) atoms. The van der Waals surface area contributed by atoms with Crippen molar-refractivity contribution in [3.63, 3.8) is 0 Å². The Morgan fingerprint density at radius 3 is 2.46 bits per heavy atom. The lowest BCUT2D eigenvalue weighted by Crippen LogP contribution is -2.44. The van der Waals surface area contributed by atoms with E-state index in [9.17, 15) is 18.0 Å². The van der Waals surface area contributed by atoms with Crippen LogP contribution in [0.25, 0.3) is 0 Å². The second-order valence-corrected chi connectivity index (χ2v) is 8.90. The number of amides is 1. The van der Waals surface area contributed by atoms with Gasteiger partial charge in [-0.1, -0.05) is 54.6 Å². The first kappa shape index (κ1) is 24.8. The first-order valence-electron chi connectivity index (χ1n) is 11.7. The summed E-state index contributed by atoms with van der Waals surface area (Å²) in [5, 5.41) is 2.85. The molecule has 3 aromatic rings. The molecule has 0 radical (unpaired) electrons. The second-order valence-electron chi connectivity index (χ2n) is 8.90. The summed E-state index contributed by atoms with van der Waals surface area (Å²) in [4.78, 5) is 15.3. The van der Waals surface area contributed by atoms with E-state index in [1.54, 1.807) is 13.2 Å². The number of carbonyl (C=O) groups is 1. The molecule has 0 bridgehead atoms. The van der Waals surface area contributed by atoms with Gasteiger partial charge >= 0.3 is 6.18 Å². The Kier molecular flexibility index (Phi) is 7.76. The third-order valence-electron chi connectivity index (χ3n) is 6.48. The van der Waals surface area contributed by atoms with Crippen molar-refractivity contribution >= 4 is 5.91 Å². The molecule has 2 atom stereocenters. The summed E-state index contributed by atoms with van der Waals surface area (Å²) in [6.07, 6.45) is -2.88. The molecule has 1 aliphatic heterocycles. The number of halogens is 3. The van der Waals surface area contributed by atoms with Gasteiger partial charge in [0.25, 0.3) is 0 Å². The maximum absolute atomic E-state index is 13.0. The number of nitrogens with one attached hydrogen (secondary N) is 1. The lowest BCUT2D eigenvalue weighted by Gasteiger charge is -2.39. The van der Waals surface area contributed by atoms with Gasteiger partial charge in [0.1, 0.15) is 5.75 Å². The average Bonchev–Trinajstić information content (AvgIpc) is 2.87. The molecule has 2 unspecified atom stereocenters. The highest BCUT2D eigenvalue weighted by atomic mass is 19.4. The zero-order valence-electron chi connectivity index (χ0n) is 19.6. The van der Waals surface area contributed by atoms with E-state index >= 15 is 0 Å². The molecule has 184 valence electrons. The van der Waals surface area contributed by atoms with E-state index in [1.165, 1.54) is 11.6 Å². The lowest BCUT2D eigenvalue weighted by molar-refractivity contribution is -0.137. The van der Waals surface area contributed by atoms with Crippen LogP contribution < -0.4 is 10.1 Å². The molecule has 1 heterocycles. The first-order valence-corrected chi connectivity index (χ1v) is 11.7. The van der Waals surface area contributed by atoms with Crippen LogP contribution in [0, 0.1) is 5.92 Å². The Labute approximate surface area is 203 Å². The fraction of sp³-hybridized carbons (Fsp3) is 0.321. The normalized spacial score (nSPS) is 18.7. The van der Waals surface area contributed by atoms with Crippen molar-refractivity contribution in [2.45, 2.75) is 38.1 Å². The zero-order valence-corrected chi connectivity index (χ0v) is 19.6. The minimum atomic E-state index is -4.41. The zero-order chi connectivity index (χ0) is 24.8. The molecule has 0 saturated carbocycles. The molecule has 4 rings (SSSR count). The van der Waals surface area contributed by atoms with Crippen LogP contribution in [0.1, 0.15) is 41.1 Å². The summed E-state index contributed by atoms with van der Waals surface area (Å²) < 4.78 is 44.4. The third kappa shape index (κ3) is 6.42. The van der Waals surface area contributed by atoms with E-state index in [2.05, 4.69) is 22.3 Å². The smallest absolute Gasteiger partial charge is 0.416 e. The van der Waals surface area contributed by atoms with Gasteiger partial charge in [0.2, 0.25) is 5.91 Å². The van der Waals surface area contributed by atoms with E-state index in [0.717, 1.165) is 29.9 Å². The molecule has 4 nitrogen and oxygen atoms in total. The Morgan fingerprint density at radius 2 is 1.71 bits per heavy atom. The number of methoxy groups -OCH3 is 1. The number of piperidine rings is 1. The minimum absolute atomic E-state index is 0.0667. The molecule has 7 heteroatoms. The summed E-state index contributed by atoms with van der Waals surface area (Å²) >= 11 is 0. The van der Waals surface area contributed by atoms with Gasteiger partial charge in [-0.3, -0.25) is 9.69 Å². The van der Waals surface area contributed by atoms with Gasteiger partial charge in [-0.25, -0.2) is 0 Å². The standard InChI is InChI=1S/C28H29F3N2O2/c1-35-25-12-6-8-21(16-25)18-33-19-23(13-14-26(33)22-9-3-2-4-10-22)27(34)32-17-20-7-5-11-24(15-20)28(29,30)31/h2-12,15-16,23,26H,13-14,17-19H2,1H3,(H,32,34). The molecule has 0 aromatic heterocycles. The number of hydrogen-bond acceptors (Lipinski definition) is 3. The molecule has 1 saturated heterocycles. The summed E-state index contributed by atoms with van der Waals surface area (Å²) in [7, 11) is 1.64. The molecule has 0 aliphatic carbocycles. The Morgan fingerprint density at radius 1 is 0.971 bits per heavy atom. The highest BCUT2D eigenvalue weighted by Crippen LogP contribution is 2.35. The molecule has 1 N–H and O–H groups in total. The Balaban J connectivity index is 1.46. The monoisotopic (exact) mass is 482 g/mol. The number of alkyl halides is 3. The number of rotatable bonds is 7. The molecule has 3 aromatic carbocycles. The fourth-order valence-electron chi connectivity index (χ4n) is 4.68. The number of likely N-dealkylation sites (tertiary alicyclic amines) is 1. The number of nitrogens with zero attached hydrogens (tertiary/aromatic N) is 1. The fourth-order valence-corrected chi connectivity index (χ4v) is 4.68. The maximum atomic E-state index is 13.0. The third-order valence-corrected chi connectivity index (χ3v) is 6.48. The van der Waals surface area contributed by atoms with Crippen molar-refractivity contribution in [1.82, 2.24) is 10.2 Å². The molecule has 1 amide bonds. The van der Waals surface area contributed by atoms with E-state index in [-0.39, 0.29) is 24.4 Å². The van der Waals surface area contributed by atoms with Gasteiger partial charge in [0, 0.05) is 25.7 Å². The van der Waals surface area contributed by atoms with Crippen LogP contribution in [-0.2, 0) is 24.1 Å². The largest absolute Gasteiger partial charge is 0.497 e. The second kappa shape index (κ2) is 11.0. The van der Waals surface area contributed by atoms with Crippen molar-refractivity contribution in [2.75, 3.05) is 13.7 Å². The molecule has 1 fully saturated rings. The molecular formula is C28H29F3N2O2. The highest BCUT2D eigenvalue weighted by Gasteiger charge is 2.33. The predicted octanol–water partition coefficient (Wildman–Crippen LogP) is 5.98. The van der Waals surface area contributed by atoms with Gasteiger partial charge in [0.15, 0.2) is 0 Å². The number of carbonyl (C=O) groups excluding carboxylic acids is 1. The lowest BCUT2D eigenvalue weighted by atomic mass is 9.88. The summed E-state index contributed by atoms with van der Waals surface area (Å²) in [5.74, 6) is 0.405. The number of ether oxygens (including phenoxy) is 1. The van der Waals surface area contributed by atoms with Crippen LogP contribution in [0.15, 0.2) is 78.9 Å². The van der Waals surface area contributed by atoms with E-state index in [4.69, 9.17) is 4.74 Å². The predicted molar refractivity (Wildman–Crippen MR) is 129 cm³/mol. The van der Waals surface area contributed by atoms with Crippen molar-refractivity contribution in [3.8, 4) is 5.75 Å². The van der Waals surface area contributed by atoms with Crippen LogP contribution in [0.3, 0.4) is 0 Å². The van der Waals surface area contributed by atoms with E-state index < -0.39 is 11.7 Å². The number of hydrogen-bond donors (Lipinski definition) is 1. The van der Waals surface area contributed by atoms with Crippen molar-refractivity contribution in [1.29, 1.82) is 0 Å². The first-order chi connectivity index (χ1) is 16.8. The highest BCUT2D eigenvalue weighted by molar-refractivity contribution is 5.79. The van der Waals surface area contributed by atoms with E-state index in [1.807, 2.05) is 42.5 Å². The van der Waals surface area contributed by atoms with Gasteiger partial charge in [0.05, 0.1) is 18.6 Å². The van der Waals surface area contributed by atoms with Gasteiger partial charge < -0.3 is 10.1 Å². The molecule has 0 spiro atoms. The Hall–Kier alpha value is -3.32. The van der Waals surface area contributed by atoms with Crippen LogP contribution in [-0.4, -0.2) is 24.5 Å². The van der Waals surface area contributed by atoms with E-state index in [0.29, 0.717) is 25.1 Å². The van der Waals surface area contributed by atoms with Crippen molar-refractivity contribution < 1.29 is 22.7 Å². The summed E-state index contributed by atoms with van der Waals surface area (Å²) in [6.45, 7) is 1.29. The quantitative estimate of drug-likeness (QED) is 0.450. The van der Waals surface area contributed by atoms with Crippen molar-refractivity contribution in [2.24, 2.45) is 5.92 Å². The van der Waals surface area contributed by atoms with Gasteiger partial charge in [-0.05, 0) is 53.8 Å². The van der Waals surface area contributed by atoms with Gasteiger partial charge in [-0.15, -0.1) is 0 Å². The Bertz CT molecular complexity index is 1130. The number of benzene rings is 3. The molecule has 1 aliphatic rings. The van der Waals surface area contributed by atoms with Gasteiger partial charge in [-0.2, -0.15) is 13.2 Å². The average molecular weight is 483 g/mol. The summed E-state index contributed by atoms with van der Waals surface area (Å²) in [6, 6.07) is 23.4. The topological polar surface area (TPSA) is 41.6 Å². The van der Waals surface area contributed by atoms with Crippen LogP contribution in [0.5, 0.6) is 5.75 Å². The summed E-state index contributed by atoms with van der Waals surface area (Å²) in [5.41, 5.74) is 2.02. The van der Waals surface area contributed by atoms with Crippen LogP contribution in [0.2, 0.25) is 0 Å². The maximum Gasteiger partial charge on any atom is 0.416 e. The molecular weight excluding hydrogens is 453 g/mol. The van der Waals surface area contributed by atoms with Crippen molar-refractivity contribution in [3.05, 3.63) is 101 Å². The van der Waals surface area contributed by atoms with Crippen LogP contribution in [0.4, 0.5) is 13.2 Å².